The minimum absolute atomic E-state index is 0.0341. The summed E-state index contributed by atoms with van der Waals surface area (Å²) in [5, 5.41) is 0.678. The molecule has 0 N–H and O–H groups in total. The van der Waals surface area contributed by atoms with Gasteiger partial charge in [0.25, 0.3) is 5.91 Å². The van der Waals surface area contributed by atoms with E-state index in [1.807, 2.05) is 36.4 Å². The zero-order valence-corrected chi connectivity index (χ0v) is 17.5. The maximum Gasteiger partial charge on any atom is 0.312 e. The van der Waals surface area contributed by atoms with E-state index in [1.165, 1.54) is 11.3 Å². The largest absolute Gasteiger partial charge is 0.334 e. The normalized spacial score (nSPS) is 16.9. The van der Waals surface area contributed by atoms with Crippen LogP contribution in [-0.4, -0.2) is 71.7 Å². The SMILES string of the molecule is O=C(C(=O)N1CCN(C(=O)c2ccc(-c3ccc(Cl)cc3)s2)CC1)N1CCCC1. The Bertz CT molecular complexity index is 914. The van der Waals surface area contributed by atoms with Crippen molar-refractivity contribution in [1.29, 1.82) is 0 Å². The van der Waals surface area contributed by atoms with Crippen molar-refractivity contribution in [2.45, 2.75) is 12.8 Å². The first-order chi connectivity index (χ1) is 14.0. The van der Waals surface area contributed by atoms with Crippen LogP contribution in [0.5, 0.6) is 0 Å². The van der Waals surface area contributed by atoms with Crippen LogP contribution in [0.15, 0.2) is 36.4 Å². The lowest BCUT2D eigenvalue weighted by Gasteiger charge is -2.34. The van der Waals surface area contributed by atoms with E-state index in [1.54, 1.807) is 14.7 Å². The van der Waals surface area contributed by atoms with Gasteiger partial charge in [-0.25, -0.2) is 0 Å². The van der Waals surface area contributed by atoms with Crippen molar-refractivity contribution in [3.63, 3.8) is 0 Å². The Morgan fingerprint density at radius 3 is 1.90 bits per heavy atom. The first kappa shape index (κ1) is 19.9. The van der Waals surface area contributed by atoms with Crippen LogP contribution in [0.1, 0.15) is 22.5 Å². The molecule has 0 bridgehead atoms. The number of amides is 3. The van der Waals surface area contributed by atoms with Crippen molar-refractivity contribution in [2.24, 2.45) is 0 Å². The van der Waals surface area contributed by atoms with Gasteiger partial charge in [0.2, 0.25) is 0 Å². The lowest BCUT2D eigenvalue weighted by Crippen LogP contribution is -2.54. The molecule has 0 radical (unpaired) electrons. The second-order valence-electron chi connectivity index (χ2n) is 7.25. The van der Waals surface area contributed by atoms with Crippen molar-refractivity contribution < 1.29 is 14.4 Å². The maximum absolute atomic E-state index is 12.9. The van der Waals surface area contributed by atoms with Crippen LogP contribution in [0.3, 0.4) is 0 Å². The van der Waals surface area contributed by atoms with Crippen LogP contribution in [0.2, 0.25) is 5.02 Å². The average Bonchev–Trinajstić information content (AvgIpc) is 3.45. The number of rotatable bonds is 2. The highest BCUT2D eigenvalue weighted by Gasteiger charge is 2.32. The monoisotopic (exact) mass is 431 g/mol. The summed E-state index contributed by atoms with van der Waals surface area (Å²) in [6.45, 7) is 2.98. The second kappa shape index (κ2) is 8.55. The van der Waals surface area contributed by atoms with E-state index in [9.17, 15) is 14.4 Å². The van der Waals surface area contributed by atoms with Gasteiger partial charge in [0.05, 0.1) is 4.88 Å². The summed E-state index contributed by atoms with van der Waals surface area (Å²) in [7, 11) is 0. The van der Waals surface area contributed by atoms with Crippen LogP contribution in [0.4, 0.5) is 0 Å². The maximum atomic E-state index is 12.9. The van der Waals surface area contributed by atoms with Crippen LogP contribution in [-0.2, 0) is 9.59 Å². The topological polar surface area (TPSA) is 60.9 Å². The van der Waals surface area contributed by atoms with Crippen molar-refractivity contribution in [3.05, 3.63) is 46.3 Å². The lowest BCUT2D eigenvalue weighted by atomic mass is 10.2. The quantitative estimate of drug-likeness (QED) is 0.687. The molecule has 6 nitrogen and oxygen atoms in total. The number of carbonyl (C=O) groups excluding carboxylic acids is 3. The van der Waals surface area contributed by atoms with Gasteiger partial charge in [-0.1, -0.05) is 23.7 Å². The third-order valence-electron chi connectivity index (χ3n) is 5.38. The number of piperazine rings is 1. The molecule has 1 aromatic heterocycles. The molecule has 0 saturated carbocycles. The van der Waals surface area contributed by atoms with E-state index in [0.717, 1.165) is 23.3 Å². The van der Waals surface area contributed by atoms with Gasteiger partial charge < -0.3 is 14.7 Å². The Labute approximate surface area is 178 Å². The minimum Gasteiger partial charge on any atom is -0.334 e. The molecule has 2 fully saturated rings. The number of hydrogen-bond acceptors (Lipinski definition) is 4. The Balaban J connectivity index is 1.35. The molecule has 8 heteroatoms. The van der Waals surface area contributed by atoms with Gasteiger partial charge in [0, 0.05) is 49.2 Å². The van der Waals surface area contributed by atoms with Crippen LogP contribution in [0.25, 0.3) is 10.4 Å². The summed E-state index contributed by atoms with van der Waals surface area (Å²) < 4.78 is 0. The molecule has 152 valence electrons. The first-order valence-corrected chi connectivity index (χ1v) is 11.0. The highest BCUT2D eigenvalue weighted by atomic mass is 35.5. The molecule has 2 saturated heterocycles. The van der Waals surface area contributed by atoms with Gasteiger partial charge in [0.1, 0.15) is 0 Å². The van der Waals surface area contributed by atoms with E-state index in [-0.39, 0.29) is 5.91 Å². The number of nitrogens with zero attached hydrogens (tertiary/aromatic N) is 3. The van der Waals surface area contributed by atoms with Crippen molar-refractivity contribution in [2.75, 3.05) is 39.3 Å². The zero-order chi connectivity index (χ0) is 20.4. The molecule has 2 aliphatic heterocycles. The Hall–Kier alpha value is -2.38. The van der Waals surface area contributed by atoms with E-state index >= 15 is 0 Å². The summed E-state index contributed by atoms with van der Waals surface area (Å²) >= 11 is 7.38. The summed E-state index contributed by atoms with van der Waals surface area (Å²) in [5.74, 6) is -0.888. The molecule has 3 amide bonds. The molecule has 1 aromatic carbocycles. The molecule has 0 atom stereocenters. The van der Waals surface area contributed by atoms with Crippen LogP contribution in [0, 0.1) is 0 Å². The highest BCUT2D eigenvalue weighted by Crippen LogP contribution is 2.30. The van der Waals surface area contributed by atoms with Gasteiger partial charge in [0.15, 0.2) is 0 Å². The molecule has 3 heterocycles. The standard InChI is InChI=1S/C21H22ClN3O3S/c22-16-5-3-15(4-6-16)17-7-8-18(29-17)19(26)24-11-13-25(14-12-24)21(28)20(27)23-9-1-2-10-23/h3-8H,1-2,9-14H2. The summed E-state index contributed by atoms with van der Waals surface area (Å²) in [6.07, 6.45) is 1.92. The second-order valence-corrected chi connectivity index (χ2v) is 8.77. The fourth-order valence-corrected chi connectivity index (χ4v) is 4.79. The van der Waals surface area contributed by atoms with E-state index in [2.05, 4.69) is 0 Å². The van der Waals surface area contributed by atoms with Gasteiger partial charge in [-0.15, -0.1) is 11.3 Å². The Morgan fingerprint density at radius 1 is 0.724 bits per heavy atom. The minimum atomic E-state index is -0.444. The van der Waals surface area contributed by atoms with Crippen molar-refractivity contribution in [3.8, 4) is 10.4 Å². The highest BCUT2D eigenvalue weighted by molar-refractivity contribution is 7.17. The number of benzene rings is 1. The molecule has 0 spiro atoms. The lowest BCUT2D eigenvalue weighted by molar-refractivity contribution is -0.152. The average molecular weight is 432 g/mol. The number of hydrogen-bond donors (Lipinski definition) is 0. The predicted molar refractivity (Wildman–Crippen MR) is 113 cm³/mol. The van der Waals surface area contributed by atoms with Gasteiger partial charge in [-0.2, -0.15) is 0 Å². The molecule has 0 unspecified atom stereocenters. The molecule has 4 rings (SSSR count). The Kier molecular flexibility index (Phi) is 5.87. The van der Waals surface area contributed by atoms with Crippen molar-refractivity contribution in [1.82, 2.24) is 14.7 Å². The zero-order valence-electron chi connectivity index (χ0n) is 16.0. The summed E-state index contributed by atoms with van der Waals surface area (Å²) in [5.41, 5.74) is 1.02. The van der Waals surface area contributed by atoms with E-state index in [0.29, 0.717) is 49.2 Å². The predicted octanol–water partition coefficient (Wildman–Crippen LogP) is 2.98. The molecule has 2 aliphatic rings. The fraction of sp³-hybridized carbons (Fsp3) is 0.381. The number of likely N-dealkylation sites (tertiary alicyclic amines) is 1. The third-order valence-corrected chi connectivity index (χ3v) is 6.75. The molecular formula is C21H22ClN3O3S. The van der Waals surface area contributed by atoms with Crippen LogP contribution >= 0.6 is 22.9 Å². The van der Waals surface area contributed by atoms with Gasteiger partial charge in [-0.3, -0.25) is 14.4 Å². The van der Waals surface area contributed by atoms with Gasteiger partial charge in [-0.05, 0) is 42.7 Å². The number of halogens is 1. The first-order valence-electron chi connectivity index (χ1n) is 9.76. The van der Waals surface area contributed by atoms with Gasteiger partial charge >= 0.3 is 11.8 Å². The molecule has 2 aromatic rings. The molecule has 29 heavy (non-hydrogen) atoms. The van der Waals surface area contributed by atoms with Crippen molar-refractivity contribution >= 4 is 40.7 Å². The Morgan fingerprint density at radius 2 is 1.28 bits per heavy atom. The van der Waals surface area contributed by atoms with Crippen LogP contribution < -0.4 is 0 Å². The number of thiophene rings is 1. The summed E-state index contributed by atoms with van der Waals surface area (Å²) in [6, 6.07) is 11.3. The summed E-state index contributed by atoms with van der Waals surface area (Å²) in [4.78, 5) is 44.2. The smallest absolute Gasteiger partial charge is 0.312 e. The van der Waals surface area contributed by atoms with E-state index in [4.69, 9.17) is 11.6 Å². The molecular weight excluding hydrogens is 410 g/mol. The van der Waals surface area contributed by atoms with E-state index < -0.39 is 11.8 Å². The fourth-order valence-electron chi connectivity index (χ4n) is 3.68. The third kappa shape index (κ3) is 4.31. The number of carbonyl (C=O) groups is 3. The molecule has 0 aliphatic carbocycles.